The molecule has 0 aromatic heterocycles. The van der Waals surface area contributed by atoms with Gasteiger partial charge in [-0.15, -0.1) is 0 Å². The normalized spacial score (nSPS) is 14.8. The van der Waals surface area contributed by atoms with Crippen molar-refractivity contribution in [2.75, 3.05) is 20.2 Å². The Bertz CT molecular complexity index is 861. The Morgan fingerprint density at radius 3 is 2.46 bits per heavy atom. The number of rotatable bonds is 6. The first-order valence-corrected chi connectivity index (χ1v) is 10.1. The van der Waals surface area contributed by atoms with Crippen LogP contribution >= 0.6 is 23.2 Å². The zero-order valence-electron chi connectivity index (χ0n) is 15.8. The third-order valence-electron chi connectivity index (χ3n) is 5.22. The molecule has 6 heteroatoms. The summed E-state index contributed by atoms with van der Waals surface area (Å²) in [6, 6.07) is 12.7. The van der Waals surface area contributed by atoms with E-state index >= 15 is 0 Å². The Morgan fingerprint density at radius 1 is 1.07 bits per heavy atom. The molecule has 1 amide bonds. The van der Waals surface area contributed by atoms with E-state index in [0.717, 1.165) is 11.3 Å². The lowest BCUT2D eigenvalue weighted by Gasteiger charge is -2.31. The molecule has 148 valence electrons. The van der Waals surface area contributed by atoms with Crippen molar-refractivity contribution in [2.24, 2.45) is 5.92 Å². The molecule has 1 fully saturated rings. The molecule has 0 unspecified atom stereocenters. The number of methoxy groups -OCH3 is 1. The third-order valence-corrected chi connectivity index (χ3v) is 5.96. The van der Waals surface area contributed by atoms with Crippen LogP contribution in [0.5, 0.6) is 5.75 Å². The number of carbonyl (C=O) groups excluding carboxylic acids is 2. The van der Waals surface area contributed by atoms with Crippen LogP contribution in [0.15, 0.2) is 42.5 Å². The van der Waals surface area contributed by atoms with E-state index in [-0.39, 0.29) is 17.6 Å². The number of piperidine rings is 1. The number of ether oxygens (including phenoxy) is 1. The number of Topliss-reactive ketones (excluding diaryl/α,β-unsaturated/α-hetero) is 1. The third kappa shape index (κ3) is 4.86. The van der Waals surface area contributed by atoms with Gasteiger partial charge in [0.1, 0.15) is 5.75 Å². The second-order valence-corrected chi connectivity index (χ2v) is 7.77. The van der Waals surface area contributed by atoms with E-state index in [9.17, 15) is 9.59 Å². The van der Waals surface area contributed by atoms with E-state index in [0.29, 0.717) is 54.4 Å². The molecule has 0 atom stereocenters. The number of halogens is 2. The molecule has 3 rings (SSSR count). The Morgan fingerprint density at radius 2 is 1.79 bits per heavy atom. The molecule has 0 radical (unpaired) electrons. The molecule has 2 aromatic rings. The van der Waals surface area contributed by atoms with Gasteiger partial charge in [0, 0.05) is 31.0 Å². The first-order chi connectivity index (χ1) is 13.5. The number of para-hydroxylation sites is 1. The summed E-state index contributed by atoms with van der Waals surface area (Å²) >= 11 is 11.9. The number of carbonyl (C=O) groups is 2. The molecule has 0 saturated carbocycles. The van der Waals surface area contributed by atoms with Gasteiger partial charge in [-0.25, -0.2) is 0 Å². The van der Waals surface area contributed by atoms with Gasteiger partial charge in [-0.05, 0) is 49.1 Å². The molecule has 28 heavy (non-hydrogen) atoms. The van der Waals surface area contributed by atoms with Gasteiger partial charge in [0.2, 0.25) is 5.91 Å². The topological polar surface area (TPSA) is 46.6 Å². The van der Waals surface area contributed by atoms with E-state index in [1.807, 2.05) is 29.2 Å². The maximum absolute atomic E-state index is 12.7. The first kappa shape index (κ1) is 20.7. The summed E-state index contributed by atoms with van der Waals surface area (Å²) < 4.78 is 5.34. The fourth-order valence-electron chi connectivity index (χ4n) is 3.59. The molecule has 1 aliphatic heterocycles. The van der Waals surface area contributed by atoms with Crippen molar-refractivity contribution in [3.63, 3.8) is 0 Å². The number of amides is 1. The van der Waals surface area contributed by atoms with Crippen LogP contribution < -0.4 is 4.74 Å². The Kier molecular flexibility index (Phi) is 6.97. The monoisotopic (exact) mass is 419 g/mol. The molecule has 4 nitrogen and oxygen atoms in total. The number of ketones is 1. The second kappa shape index (κ2) is 9.44. The van der Waals surface area contributed by atoms with Crippen LogP contribution in [0.1, 0.15) is 35.2 Å². The molecule has 2 aromatic carbocycles. The number of likely N-dealkylation sites (tertiary alicyclic amines) is 1. The van der Waals surface area contributed by atoms with Gasteiger partial charge in [-0.2, -0.15) is 0 Å². The SMILES string of the molecule is COc1ccccc1CCC(=O)N1CCC(C(=O)c2ccc(Cl)c(Cl)c2)CC1. The summed E-state index contributed by atoms with van der Waals surface area (Å²) in [6.45, 7) is 1.20. The van der Waals surface area contributed by atoms with Gasteiger partial charge in [-0.3, -0.25) is 9.59 Å². The summed E-state index contributed by atoms with van der Waals surface area (Å²) in [4.78, 5) is 27.1. The van der Waals surface area contributed by atoms with Crippen LogP contribution in [0.4, 0.5) is 0 Å². The van der Waals surface area contributed by atoms with Gasteiger partial charge in [0.15, 0.2) is 5.78 Å². The van der Waals surface area contributed by atoms with E-state index in [1.165, 1.54) is 0 Å². The van der Waals surface area contributed by atoms with Gasteiger partial charge >= 0.3 is 0 Å². The Hall–Kier alpha value is -2.04. The van der Waals surface area contributed by atoms with Crippen molar-refractivity contribution in [3.8, 4) is 5.75 Å². The molecular weight excluding hydrogens is 397 g/mol. The van der Waals surface area contributed by atoms with Crippen LogP contribution in [0.25, 0.3) is 0 Å². The van der Waals surface area contributed by atoms with Crippen LogP contribution in [-0.4, -0.2) is 36.8 Å². The first-order valence-electron chi connectivity index (χ1n) is 9.38. The number of benzene rings is 2. The van der Waals surface area contributed by atoms with E-state index in [1.54, 1.807) is 25.3 Å². The average molecular weight is 420 g/mol. The van der Waals surface area contributed by atoms with Crippen molar-refractivity contribution in [1.29, 1.82) is 0 Å². The molecule has 1 aliphatic rings. The smallest absolute Gasteiger partial charge is 0.222 e. The zero-order valence-corrected chi connectivity index (χ0v) is 17.3. The van der Waals surface area contributed by atoms with Crippen molar-refractivity contribution >= 4 is 34.9 Å². The van der Waals surface area contributed by atoms with Gasteiger partial charge in [0.05, 0.1) is 17.2 Å². The fourth-order valence-corrected chi connectivity index (χ4v) is 3.88. The lowest BCUT2D eigenvalue weighted by molar-refractivity contribution is -0.132. The number of hydrogen-bond acceptors (Lipinski definition) is 3. The van der Waals surface area contributed by atoms with E-state index < -0.39 is 0 Å². The summed E-state index contributed by atoms with van der Waals surface area (Å²) in [5.41, 5.74) is 1.61. The molecule has 0 bridgehead atoms. The largest absolute Gasteiger partial charge is 0.496 e. The maximum atomic E-state index is 12.7. The van der Waals surface area contributed by atoms with Gasteiger partial charge in [0.25, 0.3) is 0 Å². The predicted molar refractivity (Wildman–Crippen MR) is 111 cm³/mol. The fraction of sp³-hybridized carbons (Fsp3) is 0.364. The highest BCUT2D eigenvalue weighted by Gasteiger charge is 2.28. The highest BCUT2D eigenvalue weighted by atomic mass is 35.5. The number of nitrogens with zero attached hydrogens (tertiary/aromatic N) is 1. The lowest BCUT2D eigenvalue weighted by atomic mass is 9.88. The minimum Gasteiger partial charge on any atom is -0.496 e. The van der Waals surface area contributed by atoms with Crippen molar-refractivity contribution in [1.82, 2.24) is 4.90 Å². The van der Waals surface area contributed by atoms with Crippen molar-refractivity contribution in [2.45, 2.75) is 25.7 Å². The maximum Gasteiger partial charge on any atom is 0.222 e. The molecule has 0 spiro atoms. The summed E-state index contributed by atoms with van der Waals surface area (Å²) in [6.07, 6.45) is 2.41. The summed E-state index contributed by atoms with van der Waals surface area (Å²) in [7, 11) is 1.64. The highest BCUT2D eigenvalue weighted by molar-refractivity contribution is 6.42. The molecule has 0 N–H and O–H groups in total. The Labute approximate surface area is 175 Å². The van der Waals surface area contributed by atoms with Crippen molar-refractivity contribution < 1.29 is 14.3 Å². The average Bonchev–Trinajstić information content (AvgIpc) is 2.73. The zero-order chi connectivity index (χ0) is 20.1. The minimum absolute atomic E-state index is 0.0692. The standard InChI is InChI=1S/C22H23Cl2NO3/c1-28-20-5-3-2-4-15(20)7-9-21(26)25-12-10-16(11-13-25)22(27)17-6-8-18(23)19(24)14-17/h2-6,8,14,16H,7,9-13H2,1H3. The predicted octanol–water partition coefficient (Wildman–Crippen LogP) is 5.06. The Balaban J connectivity index is 1.52. The quantitative estimate of drug-likeness (QED) is 0.614. The van der Waals surface area contributed by atoms with Crippen LogP contribution in [0.2, 0.25) is 10.0 Å². The van der Waals surface area contributed by atoms with E-state index in [4.69, 9.17) is 27.9 Å². The van der Waals surface area contributed by atoms with Gasteiger partial charge in [-0.1, -0.05) is 41.4 Å². The van der Waals surface area contributed by atoms with Gasteiger partial charge < -0.3 is 9.64 Å². The molecule has 1 heterocycles. The van der Waals surface area contributed by atoms with Crippen LogP contribution in [0, 0.1) is 5.92 Å². The molecule has 0 aliphatic carbocycles. The number of hydrogen-bond donors (Lipinski definition) is 0. The van der Waals surface area contributed by atoms with E-state index in [2.05, 4.69) is 0 Å². The summed E-state index contributed by atoms with van der Waals surface area (Å²) in [5, 5.41) is 0.824. The lowest BCUT2D eigenvalue weighted by Crippen LogP contribution is -2.40. The number of aryl methyl sites for hydroxylation is 1. The molecule has 1 saturated heterocycles. The van der Waals surface area contributed by atoms with Crippen LogP contribution in [0.3, 0.4) is 0 Å². The minimum atomic E-state index is -0.0875. The molecular formula is C22H23Cl2NO3. The summed E-state index contributed by atoms with van der Waals surface area (Å²) in [5.74, 6) is 0.905. The highest BCUT2D eigenvalue weighted by Crippen LogP contribution is 2.27. The van der Waals surface area contributed by atoms with Crippen molar-refractivity contribution in [3.05, 3.63) is 63.6 Å². The van der Waals surface area contributed by atoms with Crippen LogP contribution in [-0.2, 0) is 11.2 Å². The second-order valence-electron chi connectivity index (χ2n) is 6.96.